The summed E-state index contributed by atoms with van der Waals surface area (Å²) in [5.41, 5.74) is 0.111. The molecule has 1 saturated heterocycles. The summed E-state index contributed by atoms with van der Waals surface area (Å²) >= 11 is 8.15. The van der Waals surface area contributed by atoms with Crippen LogP contribution in [0.25, 0.3) is 0 Å². The molecule has 2 rings (SSSR count). The predicted molar refractivity (Wildman–Crippen MR) is 85.2 cm³/mol. The molecule has 0 amide bonds. The Hall–Kier alpha value is -0.0900. The fraction of sp³-hybridized carbons (Fsp3) is 0.733. The molecule has 1 aromatic rings. The first-order valence-corrected chi connectivity index (χ1v) is 8.54. The second-order valence-corrected chi connectivity index (χ2v) is 7.22. The van der Waals surface area contributed by atoms with E-state index in [9.17, 15) is 0 Å². The monoisotopic (exact) mass is 300 g/mol. The van der Waals surface area contributed by atoms with Crippen molar-refractivity contribution in [1.29, 1.82) is 0 Å². The lowest BCUT2D eigenvalue weighted by Gasteiger charge is -2.42. The Morgan fingerprint density at radius 2 is 2.11 bits per heavy atom. The Balaban J connectivity index is 2.23. The number of hydrogen-bond acceptors (Lipinski definition) is 3. The van der Waals surface area contributed by atoms with E-state index in [4.69, 9.17) is 11.6 Å². The minimum Gasteiger partial charge on any atom is -0.308 e. The van der Waals surface area contributed by atoms with Crippen LogP contribution in [0, 0.1) is 0 Å². The van der Waals surface area contributed by atoms with Crippen LogP contribution >= 0.6 is 22.9 Å². The Labute approximate surface area is 126 Å². The zero-order valence-electron chi connectivity index (χ0n) is 12.2. The van der Waals surface area contributed by atoms with E-state index in [1.165, 1.54) is 30.8 Å². The van der Waals surface area contributed by atoms with Crippen LogP contribution in [0.1, 0.15) is 51.0 Å². The average Bonchev–Trinajstić information content (AvgIpc) is 3.01. The van der Waals surface area contributed by atoms with Gasteiger partial charge in [-0.2, -0.15) is 0 Å². The molecule has 1 atom stereocenters. The van der Waals surface area contributed by atoms with Gasteiger partial charge in [-0.15, -0.1) is 11.3 Å². The smallest absolute Gasteiger partial charge is 0.0611 e. The highest BCUT2D eigenvalue weighted by Crippen LogP contribution is 2.39. The van der Waals surface area contributed by atoms with Gasteiger partial charge in [0, 0.05) is 10.4 Å². The summed E-state index contributed by atoms with van der Waals surface area (Å²) in [5.74, 6) is 0. The topological polar surface area (TPSA) is 15.3 Å². The van der Waals surface area contributed by atoms with Crippen LogP contribution < -0.4 is 5.32 Å². The molecule has 19 heavy (non-hydrogen) atoms. The lowest BCUT2D eigenvalue weighted by atomic mass is 9.91. The molecule has 108 valence electrons. The van der Waals surface area contributed by atoms with Crippen molar-refractivity contribution in [2.75, 3.05) is 19.6 Å². The largest absolute Gasteiger partial charge is 0.308 e. The minimum absolute atomic E-state index is 0.111. The molecular formula is C15H25ClN2S. The maximum atomic E-state index is 6.38. The van der Waals surface area contributed by atoms with Gasteiger partial charge in [0.05, 0.1) is 11.1 Å². The van der Waals surface area contributed by atoms with Crippen molar-refractivity contribution in [3.05, 3.63) is 21.3 Å². The first-order chi connectivity index (χ1) is 9.07. The first-order valence-electron chi connectivity index (χ1n) is 7.28. The van der Waals surface area contributed by atoms with Gasteiger partial charge in [0.25, 0.3) is 0 Å². The molecule has 0 spiro atoms. The van der Waals surface area contributed by atoms with Gasteiger partial charge >= 0.3 is 0 Å². The molecule has 1 N–H and O–H groups in total. The number of likely N-dealkylation sites (tertiary alicyclic amines) is 1. The van der Waals surface area contributed by atoms with Crippen molar-refractivity contribution in [1.82, 2.24) is 10.2 Å². The average molecular weight is 301 g/mol. The lowest BCUT2D eigenvalue weighted by molar-refractivity contribution is 0.108. The van der Waals surface area contributed by atoms with Crippen molar-refractivity contribution in [2.24, 2.45) is 0 Å². The number of rotatable bonds is 6. The van der Waals surface area contributed by atoms with Gasteiger partial charge in [-0.1, -0.05) is 18.5 Å². The van der Waals surface area contributed by atoms with Gasteiger partial charge in [-0.05, 0) is 64.2 Å². The summed E-state index contributed by atoms with van der Waals surface area (Å²) in [7, 11) is 0. The molecule has 1 fully saturated rings. The van der Waals surface area contributed by atoms with Gasteiger partial charge in [0.15, 0.2) is 0 Å². The van der Waals surface area contributed by atoms with Crippen LogP contribution in [-0.4, -0.2) is 30.1 Å². The molecule has 1 aliphatic heterocycles. The molecular weight excluding hydrogens is 276 g/mol. The zero-order chi connectivity index (χ0) is 13.9. The summed E-state index contributed by atoms with van der Waals surface area (Å²) in [6.45, 7) is 10.4. The summed E-state index contributed by atoms with van der Waals surface area (Å²) in [6, 6.07) is 2.33. The molecule has 0 radical (unpaired) electrons. The maximum Gasteiger partial charge on any atom is 0.0611 e. The highest BCUT2D eigenvalue weighted by molar-refractivity contribution is 7.10. The predicted octanol–water partition coefficient (Wildman–Crippen LogP) is 4.32. The summed E-state index contributed by atoms with van der Waals surface area (Å²) in [5, 5.41) is 6.72. The van der Waals surface area contributed by atoms with E-state index in [0.29, 0.717) is 6.04 Å². The lowest BCUT2D eigenvalue weighted by Crippen LogP contribution is -2.51. The second-order valence-electron chi connectivity index (χ2n) is 5.87. The molecule has 0 aromatic carbocycles. The molecule has 4 heteroatoms. The SMILES string of the molecule is CCCNC(c1sccc1Cl)C(C)(C)N1CCCC1. The summed E-state index contributed by atoms with van der Waals surface area (Å²) in [4.78, 5) is 3.89. The summed E-state index contributed by atoms with van der Waals surface area (Å²) in [6.07, 6.45) is 3.79. The number of hydrogen-bond donors (Lipinski definition) is 1. The van der Waals surface area contributed by atoms with Crippen molar-refractivity contribution in [3.8, 4) is 0 Å². The third kappa shape index (κ3) is 3.33. The number of halogens is 1. The van der Waals surface area contributed by atoms with E-state index in [1.54, 1.807) is 11.3 Å². The van der Waals surface area contributed by atoms with E-state index >= 15 is 0 Å². The van der Waals surface area contributed by atoms with E-state index in [1.807, 2.05) is 6.07 Å². The number of nitrogens with one attached hydrogen (secondary N) is 1. The zero-order valence-corrected chi connectivity index (χ0v) is 13.8. The maximum absolute atomic E-state index is 6.38. The first kappa shape index (κ1) is 15.3. The molecule has 1 unspecified atom stereocenters. The Kier molecular flexibility index (Phi) is 5.29. The fourth-order valence-corrected chi connectivity index (χ4v) is 4.36. The molecule has 2 heterocycles. The van der Waals surface area contributed by atoms with Gasteiger partial charge in [-0.25, -0.2) is 0 Å². The Bertz CT molecular complexity index is 397. The molecule has 1 aliphatic rings. The van der Waals surface area contributed by atoms with Crippen LogP contribution in [0.3, 0.4) is 0 Å². The highest BCUT2D eigenvalue weighted by Gasteiger charge is 2.38. The Morgan fingerprint density at radius 3 is 2.63 bits per heavy atom. The molecule has 0 aliphatic carbocycles. The van der Waals surface area contributed by atoms with Crippen molar-refractivity contribution in [2.45, 2.75) is 51.6 Å². The van der Waals surface area contributed by atoms with Crippen LogP contribution in [-0.2, 0) is 0 Å². The molecule has 1 aromatic heterocycles. The van der Waals surface area contributed by atoms with Gasteiger partial charge in [0.2, 0.25) is 0 Å². The quantitative estimate of drug-likeness (QED) is 0.842. The third-order valence-electron chi connectivity index (χ3n) is 4.13. The second kappa shape index (κ2) is 6.57. The highest BCUT2D eigenvalue weighted by atomic mass is 35.5. The van der Waals surface area contributed by atoms with E-state index in [0.717, 1.165) is 18.0 Å². The van der Waals surface area contributed by atoms with E-state index in [-0.39, 0.29) is 5.54 Å². The molecule has 0 saturated carbocycles. The van der Waals surface area contributed by atoms with Crippen LogP contribution in [0.4, 0.5) is 0 Å². The molecule has 2 nitrogen and oxygen atoms in total. The molecule has 0 bridgehead atoms. The van der Waals surface area contributed by atoms with Crippen molar-refractivity contribution >= 4 is 22.9 Å². The van der Waals surface area contributed by atoms with Crippen molar-refractivity contribution < 1.29 is 0 Å². The van der Waals surface area contributed by atoms with Crippen molar-refractivity contribution in [3.63, 3.8) is 0 Å². The van der Waals surface area contributed by atoms with E-state index in [2.05, 4.69) is 36.4 Å². The van der Waals surface area contributed by atoms with Crippen LogP contribution in [0.2, 0.25) is 5.02 Å². The van der Waals surface area contributed by atoms with Crippen LogP contribution in [0.15, 0.2) is 11.4 Å². The Morgan fingerprint density at radius 1 is 1.42 bits per heavy atom. The van der Waals surface area contributed by atoms with E-state index < -0.39 is 0 Å². The standard InChI is InChI=1S/C15H25ClN2S/c1-4-8-17-14(13-12(16)7-11-19-13)15(2,3)18-9-5-6-10-18/h7,11,14,17H,4-6,8-10H2,1-3H3. The van der Waals surface area contributed by atoms with Gasteiger partial charge in [-0.3, -0.25) is 4.90 Å². The number of thiophene rings is 1. The normalized spacial score (nSPS) is 18.9. The van der Waals surface area contributed by atoms with Gasteiger partial charge < -0.3 is 5.32 Å². The summed E-state index contributed by atoms with van der Waals surface area (Å²) < 4.78 is 0. The number of nitrogens with zero attached hydrogens (tertiary/aromatic N) is 1. The third-order valence-corrected chi connectivity index (χ3v) is 5.56. The van der Waals surface area contributed by atoms with Crippen LogP contribution in [0.5, 0.6) is 0 Å². The fourth-order valence-electron chi connectivity index (χ4n) is 2.94. The van der Waals surface area contributed by atoms with Gasteiger partial charge in [0.1, 0.15) is 0 Å². The minimum atomic E-state index is 0.111.